The van der Waals surface area contributed by atoms with Crippen molar-refractivity contribution in [3.05, 3.63) is 0 Å². The van der Waals surface area contributed by atoms with Crippen LogP contribution in [0, 0.1) is 17.3 Å². The Morgan fingerprint density at radius 1 is 1.11 bits per heavy atom. The van der Waals surface area contributed by atoms with Gasteiger partial charge in [0.1, 0.15) is 5.60 Å². The molecule has 1 amide bonds. The van der Waals surface area contributed by atoms with E-state index >= 15 is 0 Å². The third kappa shape index (κ3) is 2.25. The van der Waals surface area contributed by atoms with Gasteiger partial charge in [-0.25, -0.2) is 4.79 Å². The first-order valence-corrected chi connectivity index (χ1v) is 7.89. The number of carbonyl (C=O) groups is 1. The molecule has 0 aromatic heterocycles. The largest absolute Gasteiger partial charge is 0.444 e. The van der Waals surface area contributed by atoms with E-state index in [1.165, 1.54) is 38.5 Å². The maximum Gasteiger partial charge on any atom is 0.410 e. The number of hydrogen-bond acceptors (Lipinski definition) is 2. The highest BCUT2D eigenvalue weighted by molar-refractivity contribution is 5.68. The van der Waals surface area contributed by atoms with E-state index in [1.807, 2.05) is 25.7 Å². The minimum absolute atomic E-state index is 0.0985. The van der Waals surface area contributed by atoms with Gasteiger partial charge < -0.3 is 9.64 Å². The lowest BCUT2D eigenvalue weighted by molar-refractivity contribution is -0.110. The predicted molar refractivity (Wildman–Crippen MR) is 74.9 cm³/mol. The van der Waals surface area contributed by atoms with Crippen LogP contribution >= 0.6 is 0 Å². The van der Waals surface area contributed by atoms with Crippen molar-refractivity contribution in [2.24, 2.45) is 17.3 Å². The third-order valence-electron chi connectivity index (χ3n) is 5.55. The summed E-state index contributed by atoms with van der Waals surface area (Å²) in [4.78, 5) is 14.3. The Hall–Kier alpha value is -0.730. The lowest BCUT2D eigenvalue weighted by Crippen LogP contribution is -2.59. The van der Waals surface area contributed by atoms with Gasteiger partial charge in [-0.2, -0.15) is 0 Å². The molecule has 2 saturated carbocycles. The summed E-state index contributed by atoms with van der Waals surface area (Å²) in [5.41, 5.74) is 0.231. The first kappa shape index (κ1) is 13.3. The van der Waals surface area contributed by atoms with E-state index in [-0.39, 0.29) is 11.7 Å². The normalized spacial score (nSPS) is 32.9. The van der Waals surface area contributed by atoms with Gasteiger partial charge in [-0.1, -0.05) is 12.8 Å². The molecule has 3 heteroatoms. The molecule has 2 bridgehead atoms. The average molecular weight is 265 g/mol. The van der Waals surface area contributed by atoms with Crippen molar-refractivity contribution >= 4 is 6.09 Å². The molecule has 3 nitrogen and oxygen atoms in total. The molecule has 1 heterocycles. The zero-order chi connectivity index (χ0) is 13.7. The quantitative estimate of drug-likeness (QED) is 0.666. The van der Waals surface area contributed by atoms with E-state index in [4.69, 9.17) is 4.74 Å². The van der Waals surface area contributed by atoms with Gasteiger partial charge >= 0.3 is 6.09 Å². The van der Waals surface area contributed by atoms with Gasteiger partial charge in [0.15, 0.2) is 0 Å². The summed E-state index contributed by atoms with van der Waals surface area (Å²) in [6.07, 6.45) is 8.11. The van der Waals surface area contributed by atoms with Crippen LogP contribution < -0.4 is 0 Å². The second kappa shape index (κ2) is 4.39. The summed E-state index contributed by atoms with van der Waals surface area (Å²) in [5, 5.41) is 0. The van der Waals surface area contributed by atoms with E-state index in [9.17, 15) is 4.79 Å². The van der Waals surface area contributed by atoms with E-state index < -0.39 is 0 Å². The molecule has 0 radical (unpaired) electrons. The Bertz CT molecular complexity index is 351. The van der Waals surface area contributed by atoms with Crippen molar-refractivity contribution in [1.29, 1.82) is 0 Å². The van der Waals surface area contributed by atoms with Crippen LogP contribution in [-0.2, 0) is 4.74 Å². The maximum atomic E-state index is 12.3. The van der Waals surface area contributed by atoms with Crippen LogP contribution in [0.5, 0.6) is 0 Å². The van der Waals surface area contributed by atoms with Gasteiger partial charge in [0.05, 0.1) is 0 Å². The molecule has 1 saturated heterocycles. The molecule has 108 valence electrons. The minimum Gasteiger partial charge on any atom is -0.444 e. The van der Waals surface area contributed by atoms with Crippen LogP contribution in [0.25, 0.3) is 0 Å². The number of piperidine rings is 1. The van der Waals surface area contributed by atoms with Crippen LogP contribution in [0.2, 0.25) is 0 Å². The van der Waals surface area contributed by atoms with Crippen LogP contribution in [0.15, 0.2) is 0 Å². The number of likely N-dealkylation sites (tertiary alicyclic amines) is 1. The summed E-state index contributed by atoms with van der Waals surface area (Å²) in [5.74, 6) is 1.47. The second-order valence-electron chi connectivity index (χ2n) is 7.80. The molecule has 2 unspecified atom stereocenters. The number of nitrogens with zero attached hydrogens (tertiary/aromatic N) is 1. The number of rotatable bonds is 0. The Labute approximate surface area is 116 Å². The number of amides is 1. The van der Waals surface area contributed by atoms with E-state index in [0.29, 0.717) is 5.41 Å². The minimum atomic E-state index is -0.377. The molecular formula is C16H27NO2. The summed E-state index contributed by atoms with van der Waals surface area (Å²) in [7, 11) is 0. The van der Waals surface area contributed by atoms with Crippen molar-refractivity contribution in [3.8, 4) is 0 Å². The van der Waals surface area contributed by atoms with E-state index in [0.717, 1.165) is 24.9 Å². The molecule has 0 aromatic carbocycles. The van der Waals surface area contributed by atoms with E-state index in [2.05, 4.69) is 0 Å². The number of ether oxygens (including phenoxy) is 1. The first-order chi connectivity index (χ1) is 8.91. The Morgan fingerprint density at radius 3 is 2.11 bits per heavy atom. The number of hydrogen-bond donors (Lipinski definition) is 0. The van der Waals surface area contributed by atoms with Crippen LogP contribution in [0.4, 0.5) is 4.79 Å². The van der Waals surface area contributed by atoms with E-state index in [1.54, 1.807) is 0 Å². The lowest BCUT2D eigenvalue weighted by Gasteiger charge is -2.60. The SMILES string of the molecule is CC(C)(C)OC(=O)N1CC2CCCC(C1)C21CCC1. The van der Waals surface area contributed by atoms with Crippen molar-refractivity contribution in [3.63, 3.8) is 0 Å². The maximum absolute atomic E-state index is 12.3. The monoisotopic (exact) mass is 265 g/mol. The summed E-state index contributed by atoms with van der Waals surface area (Å²) < 4.78 is 5.55. The van der Waals surface area contributed by atoms with Gasteiger partial charge in [-0.15, -0.1) is 0 Å². The molecule has 0 aromatic rings. The first-order valence-electron chi connectivity index (χ1n) is 7.89. The van der Waals surface area contributed by atoms with Gasteiger partial charge in [0.25, 0.3) is 0 Å². The molecule has 19 heavy (non-hydrogen) atoms. The zero-order valence-electron chi connectivity index (χ0n) is 12.6. The van der Waals surface area contributed by atoms with Crippen LogP contribution in [0.3, 0.4) is 0 Å². The molecular weight excluding hydrogens is 238 g/mol. The molecule has 2 aliphatic carbocycles. The molecule has 3 aliphatic rings. The zero-order valence-corrected chi connectivity index (χ0v) is 12.6. The Kier molecular flexibility index (Phi) is 3.06. The van der Waals surface area contributed by atoms with Gasteiger partial charge in [-0.05, 0) is 63.7 Å². The highest BCUT2D eigenvalue weighted by Crippen LogP contribution is 2.60. The molecule has 1 spiro atoms. The van der Waals surface area contributed by atoms with Crippen molar-refractivity contribution in [2.45, 2.75) is 64.9 Å². The highest BCUT2D eigenvalue weighted by Gasteiger charge is 2.55. The third-order valence-corrected chi connectivity index (χ3v) is 5.55. The standard InChI is InChI=1S/C16H27NO2/c1-15(2,3)19-14(18)17-10-12-6-4-7-13(11-17)16(12)8-5-9-16/h12-13H,4-11H2,1-3H3. The number of carbonyl (C=O) groups excluding carboxylic acids is 1. The summed E-state index contributed by atoms with van der Waals surface area (Å²) in [6, 6.07) is 0. The molecule has 1 aliphatic heterocycles. The fourth-order valence-electron chi connectivity index (χ4n) is 4.55. The molecule has 2 atom stereocenters. The Balaban J connectivity index is 1.70. The van der Waals surface area contributed by atoms with Gasteiger partial charge in [-0.3, -0.25) is 0 Å². The lowest BCUT2D eigenvalue weighted by atomic mass is 9.49. The van der Waals surface area contributed by atoms with Gasteiger partial charge in [0.2, 0.25) is 0 Å². The summed E-state index contributed by atoms with van der Waals surface area (Å²) in [6.45, 7) is 7.71. The topological polar surface area (TPSA) is 29.5 Å². The fraction of sp³-hybridized carbons (Fsp3) is 0.938. The molecule has 3 rings (SSSR count). The molecule has 0 N–H and O–H groups in total. The summed E-state index contributed by atoms with van der Waals surface area (Å²) >= 11 is 0. The van der Waals surface area contributed by atoms with Crippen LogP contribution in [0.1, 0.15) is 59.3 Å². The van der Waals surface area contributed by atoms with Crippen molar-refractivity contribution < 1.29 is 9.53 Å². The Morgan fingerprint density at radius 2 is 1.68 bits per heavy atom. The smallest absolute Gasteiger partial charge is 0.410 e. The average Bonchev–Trinajstić information content (AvgIpc) is 2.22. The predicted octanol–water partition coefficient (Wildman–Crippen LogP) is 3.82. The van der Waals surface area contributed by atoms with Crippen LogP contribution in [-0.4, -0.2) is 29.7 Å². The van der Waals surface area contributed by atoms with Crippen molar-refractivity contribution in [1.82, 2.24) is 4.90 Å². The van der Waals surface area contributed by atoms with Crippen molar-refractivity contribution in [2.75, 3.05) is 13.1 Å². The highest BCUT2D eigenvalue weighted by atomic mass is 16.6. The molecule has 3 fully saturated rings. The van der Waals surface area contributed by atoms with Gasteiger partial charge in [0, 0.05) is 13.1 Å². The fourth-order valence-corrected chi connectivity index (χ4v) is 4.55. The second-order valence-corrected chi connectivity index (χ2v) is 7.80.